The van der Waals surface area contributed by atoms with Gasteiger partial charge in [-0.05, 0) is 12.8 Å². The van der Waals surface area contributed by atoms with Gasteiger partial charge in [-0.2, -0.15) is 0 Å². The highest BCUT2D eigenvalue weighted by Crippen LogP contribution is 2.20. The maximum atomic E-state index is 11.7. The van der Waals surface area contributed by atoms with E-state index in [1.807, 2.05) is 4.90 Å². The molecular weight excluding hydrogens is 192 g/mol. The molecule has 4 nitrogen and oxygen atoms in total. The fourth-order valence-corrected chi connectivity index (χ4v) is 2.25. The minimum Gasteiger partial charge on any atom is -0.368 e. The van der Waals surface area contributed by atoms with Crippen LogP contribution in [0, 0.1) is 0 Å². The zero-order valence-corrected chi connectivity index (χ0v) is 9.21. The van der Waals surface area contributed by atoms with Gasteiger partial charge < -0.3 is 15.0 Å². The van der Waals surface area contributed by atoms with Crippen LogP contribution >= 0.6 is 0 Å². The van der Waals surface area contributed by atoms with Crippen molar-refractivity contribution in [1.29, 1.82) is 0 Å². The molecule has 1 N–H and O–H groups in total. The minimum absolute atomic E-state index is 0.156. The molecule has 2 aliphatic rings. The van der Waals surface area contributed by atoms with E-state index in [0.29, 0.717) is 6.10 Å². The SMILES string of the molecule is O=C(COC1CCCC1)N1CCNCC1. The normalized spacial score (nSPS) is 23.3. The Morgan fingerprint density at radius 3 is 2.60 bits per heavy atom. The summed E-state index contributed by atoms with van der Waals surface area (Å²) in [5, 5.41) is 3.23. The van der Waals surface area contributed by atoms with E-state index < -0.39 is 0 Å². The Morgan fingerprint density at radius 2 is 1.93 bits per heavy atom. The Hall–Kier alpha value is -0.610. The van der Waals surface area contributed by atoms with E-state index in [-0.39, 0.29) is 12.5 Å². The standard InChI is InChI=1S/C11H20N2O2/c14-11(13-7-5-12-6-8-13)9-15-10-3-1-2-4-10/h10,12H,1-9H2. The van der Waals surface area contributed by atoms with Crippen LogP contribution in [-0.4, -0.2) is 49.7 Å². The summed E-state index contributed by atoms with van der Waals surface area (Å²) in [6, 6.07) is 0. The molecule has 0 aromatic rings. The lowest BCUT2D eigenvalue weighted by atomic mass is 10.3. The van der Waals surface area contributed by atoms with Gasteiger partial charge in [0.05, 0.1) is 6.10 Å². The molecule has 0 aromatic carbocycles. The first-order valence-electron chi connectivity index (χ1n) is 5.96. The van der Waals surface area contributed by atoms with Gasteiger partial charge in [-0.3, -0.25) is 4.79 Å². The smallest absolute Gasteiger partial charge is 0.248 e. The summed E-state index contributed by atoms with van der Waals surface area (Å²) in [5.74, 6) is 0.156. The molecule has 0 aromatic heterocycles. The lowest BCUT2D eigenvalue weighted by molar-refractivity contribution is -0.138. The topological polar surface area (TPSA) is 41.6 Å². The van der Waals surface area contributed by atoms with E-state index in [1.165, 1.54) is 12.8 Å². The largest absolute Gasteiger partial charge is 0.368 e. The molecule has 4 heteroatoms. The molecular formula is C11H20N2O2. The van der Waals surface area contributed by atoms with Crippen LogP contribution in [0.4, 0.5) is 0 Å². The summed E-state index contributed by atoms with van der Waals surface area (Å²) in [4.78, 5) is 13.6. The van der Waals surface area contributed by atoms with Crippen molar-refractivity contribution in [3.05, 3.63) is 0 Å². The molecule has 0 atom stereocenters. The third-order valence-corrected chi connectivity index (χ3v) is 3.21. The molecule has 2 fully saturated rings. The molecule has 86 valence electrons. The van der Waals surface area contributed by atoms with Crippen LogP contribution in [0.25, 0.3) is 0 Å². The molecule has 2 rings (SSSR count). The monoisotopic (exact) mass is 212 g/mol. The second-order valence-corrected chi connectivity index (χ2v) is 4.35. The number of nitrogens with one attached hydrogen (secondary N) is 1. The van der Waals surface area contributed by atoms with Gasteiger partial charge in [-0.15, -0.1) is 0 Å². The van der Waals surface area contributed by atoms with Crippen molar-refractivity contribution in [2.24, 2.45) is 0 Å². The first-order chi connectivity index (χ1) is 7.36. The van der Waals surface area contributed by atoms with Gasteiger partial charge >= 0.3 is 0 Å². The van der Waals surface area contributed by atoms with E-state index in [0.717, 1.165) is 39.0 Å². The van der Waals surface area contributed by atoms with Crippen molar-refractivity contribution in [2.75, 3.05) is 32.8 Å². The van der Waals surface area contributed by atoms with Gasteiger partial charge in [-0.25, -0.2) is 0 Å². The number of carbonyl (C=O) groups is 1. The zero-order chi connectivity index (χ0) is 10.5. The summed E-state index contributed by atoms with van der Waals surface area (Å²) < 4.78 is 5.61. The average Bonchev–Trinajstić information content (AvgIpc) is 2.80. The molecule has 0 spiro atoms. The maximum Gasteiger partial charge on any atom is 0.248 e. The van der Waals surface area contributed by atoms with Crippen molar-refractivity contribution in [1.82, 2.24) is 10.2 Å². The second-order valence-electron chi connectivity index (χ2n) is 4.35. The van der Waals surface area contributed by atoms with Crippen molar-refractivity contribution in [3.63, 3.8) is 0 Å². The Morgan fingerprint density at radius 1 is 1.27 bits per heavy atom. The van der Waals surface area contributed by atoms with Crippen molar-refractivity contribution < 1.29 is 9.53 Å². The zero-order valence-electron chi connectivity index (χ0n) is 9.21. The number of nitrogens with zero attached hydrogens (tertiary/aromatic N) is 1. The number of ether oxygens (including phenoxy) is 1. The Bertz CT molecular complexity index is 209. The van der Waals surface area contributed by atoms with Crippen LogP contribution < -0.4 is 5.32 Å². The van der Waals surface area contributed by atoms with Gasteiger partial charge in [0.25, 0.3) is 0 Å². The van der Waals surface area contributed by atoms with E-state index in [2.05, 4.69) is 5.32 Å². The molecule has 1 aliphatic heterocycles. The lowest BCUT2D eigenvalue weighted by Gasteiger charge is -2.27. The van der Waals surface area contributed by atoms with E-state index >= 15 is 0 Å². The molecule has 1 heterocycles. The maximum absolute atomic E-state index is 11.7. The average molecular weight is 212 g/mol. The van der Waals surface area contributed by atoms with Crippen molar-refractivity contribution in [2.45, 2.75) is 31.8 Å². The van der Waals surface area contributed by atoms with Gasteiger partial charge in [0.2, 0.25) is 5.91 Å². The third-order valence-electron chi connectivity index (χ3n) is 3.21. The van der Waals surface area contributed by atoms with E-state index in [1.54, 1.807) is 0 Å². The van der Waals surface area contributed by atoms with Crippen LogP contribution in [-0.2, 0) is 9.53 Å². The Kier molecular flexibility index (Phi) is 3.97. The van der Waals surface area contributed by atoms with Crippen LogP contribution in [0.2, 0.25) is 0 Å². The highest BCUT2D eigenvalue weighted by molar-refractivity contribution is 5.77. The quantitative estimate of drug-likeness (QED) is 0.735. The molecule has 0 bridgehead atoms. The highest BCUT2D eigenvalue weighted by Gasteiger charge is 2.20. The number of hydrogen-bond donors (Lipinski definition) is 1. The predicted octanol–water partition coefficient (Wildman–Crippen LogP) is 0.377. The molecule has 15 heavy (non-hydrogen) atoms. The van der Waals surface area contributed by atoms with Crippen LogP contribution in [0.15, 0.2) is 0 Å². The first kappa shape index (κ1) is 10.9. The lowest BCUT2D eigenvalue weighted by Crippen LogP contribution is -2.47. The summed E-state index contributed by atoms with van der Waals surface area (Å²) in [6.07, 6.45) is 5.12. The highest BCUT2D eigenvalue weighted by atomic mass is 16.5. The number of amides is 1. The van der Waals surface area contributed by atoms with Gasteiger partial charge in [0, 0.05) is 26.2 Å². The number of carbonyl (C=O) groups excluding carboxylic acids is 1. The van der Waals surface area contributed by atoms with Crippen molar-refractivity contribution >= 4 is 5.91 Å². The molecule has 1 amide bonds. The molecule has 1 saturated heterocycles. The minimum atomic E-state index is 0.156. The second kappa shape index (κ2) is 5.47. The van der Waals surface area contributed by atoms with Crippen LogP contribution in [0.1, 0.15) is 25.7 Å². The van der Waals surface area contributed by atoms with Gasteiger partial charge in [0.15, 0.2) is 0 Å². The fourth-order valence-electron chi connectivity index (χ4n) is 2.25. The van der Waals surface area contributed by atoms with Gasteiger partial charge in [0.1, 0.15) is 6.61 Å². The molecule has 1 aliphatic carbocycles. The van der Waals surface area contributed by atoms with Crippen LogP contribution in [0.3, 0.4) is 0 Å². The van der Waals surface area contributed by atoms with E-state index in [9.17, 15) is 4.79 Å². The molecule has 0 radical (unpaired) electrons. The summed E-state index contributed by atoms with van der Waals surface area (Å²) in [7, 11) is 0. The number of rotatable bonds is 3. The Labute approximate surface area is 91.0 Å². The summed E-state index contributed by atoms with van der Waals surface area (Å²) in [5.41, 5.74) is 0. The number of hydrogen-bond acceptors (Lipinski definition) is 3. The summed E-state index contributed by atoms with van der Waals surface area (Å²) in [6.45, 7) is 3.76. The first-order valence-corrected chi connectivity index (χ1v) is 5.96. The molecule has 0 unspecified atom stereocenters. The number of piperazine rings is 1. The third kappa shape index (κ3) is 3.18. The van der Waals surface area contributed by atoms with E-state index in [4.69, 9.17) is 4.74 Å². The van der Waals surface area contributed by atoms with Gasteiger partial charge in [-0.1, -0.05) is 12.8 Å². The predicted molar refractivity (Wildman–Crippen MR) is 57.7 cm³/mol. The summed E-state index contributed by atoms with van der Waals surface area (Å²) >= 11 is 0. The van der Waals surface area contributed by atoms with Crippen LogP contribution in [0.5, 0.6) is 0 Å². The van der Waals surface area contributed by atoms with Crippen molar-refractivity contribution in [3.8, 4) is 0 Å². The fraction of sp³-hybridized carbons (Fsp3) is 0.909. The Balaban J connectivity index is 1.66. The molecule has 1 saturated carbocycles.